The van der Waals surface area contributed by atoms with Crippen molar-refractivity contribution in [2.45, 2.75) is 46.0 Å². The van der Waals surface area contributed by atoms with Crippen molar-refractivity contribution in [1.82, 2.24) is 0 Å². The highest BCUT2D eigenvalue weighted by molar-refractivity contribution is 4.53. The van der Waals surface area contributed by atoms with E-state index in [0.29, 0.717) is 0 Å². The molecular weight excluding hydrogens is 108 g/mol. The van der Waals surface area contributed by atoms with Crippen LogP contribution in [0.2, 0.25) is 0 Å². The number of hydrogen-bond donors (Lipinski definition) is 0. The Morgan fingerprint density at radius 3 is 2.44 bits per heavy atom. The van der Waals surface area contributed by atoms with Gasteiger partial charge in [0.1, 0.15) is 0 Å². The van der Waals surface area contributed by atoms with Crippen LogP contribution in [-0.2, 0) is 0 Å². The molecule has 0 nitrogen and oxygen atoms in total. The predicted molar refractivity (Wildman–Crippen MR) is 42.2 cm³/mol. The monoisotopic (exact) mass is 126 g/mol. The maximum absolute atomic E-state index is 5.40. The lowest BCUT2D eigenvalue weighted by Gasteiger charge is -2.06. The van der Waals surface area contributed by atoms with Crippen LogP contribution in [0.15, 0.2) is 0 Å². The molecule has 0 saturated heterocycles. The molecule has 1 atom stereocenters. The van der Waals surface area contributed by atoms with E-state index in [-0.39, 0.29) is 0 Å². The van der Waals surface area contributed by atoms with Crippen molar-refractivity contribution in [2.75, 3.05) is 0 Å². The fraction of sp³-hybridized carbons (Fsp3) is 0.889. The molecule has 9 heavy (non-hydrogen) atoms. The maximum Gasteiger partial charge on any atom is -0.0352 e. The van der Waals surface area contributed by atoms with Gasteiger partial charge in [0, 0.05) is 0 Å². The van der Waals surface area contributed by atoms with Crippen molar-refractivity contribution in [2.24, 2.45) is 5.92 Å². The van der Waals surface area contributed by atoms with Crippen LogP contribution in [0, 0.1) is 12.8 Å². The number of unbranched alkanes of at least 4 members (excludes halogenated alkanes) is 1. The second-order valence-electron chi connectivity index (χ2n) is 2.82. The Labute approximate surface area is 59.7 Å². The summed E-state index contributed by atoms with van der Waals surface area (Å²) in [5, 5.41) is 0. The van der Waals surface area contributed by atoms with Crippen LogP contribution in [0.5, 0.6) is 0 Å². The van der Waals surface area contributed by atoms with Gasteiger partial charge in [0.25, 0.3) is 0 Å². The van der Waals surface area contributed by atoms with Crippen molar-refractivity contribution >= 4 is 0 Å². The van der Waals surface area contributed by atoms with E-state index in [0.717, 1.165) is 12.3 Å². The molecular formula is C9H18. The van der Waals surface area contributed by atoms with Crippen LogP contribution >= 0.6 is 0 Å². The van der Waals surface area contributed by atoms with Crippen LogP contribution in [0.25, 0.3) is 0 Å². The Kier molecular flexibility index (Phi) is 6.12. The first-order valence-electron chi connectivity index (χ1n) is 4.01. The summed E-state index contributed by atoms with van der Waals surface area (Å²) in [6.07, 6.45) is 6.08. The summed E-state index contributed by atoms with van der Waals surface area (Å²) in [6.45, 7) is 9.91. The molecule has 0 spiro atoms. The first kappa shape index (κ1) is 9.00. The van der Waals surface area contributed by atoms with E-state index in [2.05, 4.69) is 13.8 Å². The molecule has 0 bridgehead atoms. The minimum atomic E-state index is 0.843. The SMILES string of the molecule is [CH]CCC(C)CCCC. The summed E-state index contributed by atoms with van der Waals surface area (Å²) < 4.78 is 0. The minimum Gasteiger partial charge on any atom is -0.0654 e. The Morgan fingerprint density at radius 2 is 2.00 bits per heavy atom. The van der Waals surface area contributed by atoms with Gasteiger partial charge in [-0.25, -0.2) is 0 Å². The van der Waals surface area contributed by atoms with E-state index in [4.69, 9.17) is 6.92 Å². The van der Waals surface area contributed by atoms with Crippen LogP contribution in [0.1, 0.15) is 46.0 Å². The molecule has 0 saturated carbocycles. The zero-order valence-corrected chi connectivity index (χ0v) is 6.69. The summed E-state index contributed by atoms with van der Waals surface area (Å²) >= 11 is 0. The van der Waals surface area contributed by atoms with Gasteiger partial charge in [0.2, 0.25) is 0 Å². The molecule has 0 amide bonds. The second kappa shape index (κ2) is 6.12. The van der Waals surface area contributed by atoms with Gasteiger partial charge in [0.15, 0.2) is 0 Å². The number of rotatable bonds is 5. The quantitative estimate of drug-likeness (QED) is 0.530. The standard InChI is InChI=1S/C9H18/c1-4-6-8-9(3)7-5-2/h2,9H,4-8H2,1,3H3. The molecule has 0 aliphatic rings. The fourth-order valence-electron chi connectivity index (χ4n) is 0.981. The molecule has 0 aromatic rings. The third-order valence-electron chi connectivity index (χ3n) is 1.71. The van der Waals surface area contributed by atoms with Crippen LogP contribution in [0.3, 0.4) is 0 Å². The summed E-state index contributed by atoms with van der Waals surface area (Å²) in [4.78, 5) is 0. The van der Waals surface area contributed by atoms with Gasteiger partial charge in [-0.3, -0.25) is 0 Å². The van der Waals surface area contributed by atoms with Gasteiger partial charge >= 0.3 is 0 Å². The third-order valence-corrected chi connectivity index (χ3v) is 1.71. The number of hydrogen-bond acceptors (Lipinski definition) is 0. The highest BCUT2D eigenvalue weighted by Crippen LogP contribution is 2.12. The van der Waals surface area contributed by atoms with Gasteiger partial charge in [-0.2, -0.15) is 0 Å². The lowest BCUT2D eigenvalue weighted by atomic mass is 10.00. The average Bonchev–Trinajstić information content (AvgIpc) is 1.85. The van der Waals surface area contributed by atoms with Crippen molar-refractivity contribution in [3.63, 3.8) is 0 Å². The fourth-order valence-corrected chi connectivity index (χ4v) is 0.981. The van der Waals surface area contributed by atoms with Crippen molar-refractivity contribution in [3.8, 4) is 0 Å². The molecule has 0 fully saturated rings. The van der Waals surface area contributed by atoms with E-state index >= 15 is 0 Å². The first-order chi connectivity index (χ1) is 4.31. The van der Waals surface area contributed by atoms with E-state index in [1.165, 1.54) is 25.7 Å². The van der Waals surface area contributed by atoms with Crippen molar-refractivity contribution in [3.05, 3.63) is 6.92 Å². The Hall–Kier alpha value is 0. The average molecular weight is 126 g/mol. The maximum atomic E-state index is 5.40. The molecule has 0 aliphatic carbocycles. The molecule has 0 heterocycles. The molecule has 0 aromatic heterocycles. The van der Waals surface area contributed by atoms with Crippen LogP contribution < -0.4 is 0 Å². The van der Waals surface area contributed by atoms with Crippen LogP contribution in [-0.4, -0.2) is 0 Å². The molecule has 1 unspecified atom stereocenters. The Bertz CT molecular complexity index is 48.0. The summed E-state index contributed by atoms with van der Waals surface area (Å²) in [5.74, 6) is 0.843. The van der Waals surface area contributed by atoms with Crippen molar-refractivity contribution < 1.29 is 0 Å². The van der Waals surface area contributed by atoms with Gasteiger partial charge in [-0.05, 0) is 19.3 Å². The summed E-state index contributed by atoms with van der Waals surface area (Å²) in [7, 11) is 0. The molecule has 0 heteroatoms. The van der Waals surface area contributed by atoms with Gasteiger partial charge in [0.05, 0.1) is 0 Å². The normalized spacial score (nSPS) is 13.7. The van der Waals surface area contributed by atoms with Gasteiger partial charge in [-0.15, -0.1) is 0 Å². The predicted octanol–water partition coefficient (Wildman–Crippen LogP) is 3.30. The topological polar surface area (TPSA) is 0 Å². The third kappa shape index (κ3) is 5.88. The molecule has 0 aromatic carbocycles. The van der Waals surface area contributed by atoms with E-state index < -0.39 is 0 Å². The molecule has 0 aliphatic heterocycles. The molecule has 0 N–H and O–H groups in total. The molecule has 0 rings (SSSR count). The second-order valence-corrected chi connectivity index (χ2v) is 2.82. The van der Waals surface area contributed by atoms with E-state index in [1.807, 2.05) is 0 Å². The lowest BCUT2D eigenvalue weighted by molar-refractivity contribution is 0.475. The van der Waals surface area contributed by atoms with E-state index in [1.54, 1.807) is 0 Å². The largest absolute Gasteiger partial charge is 0.0654 e. The Balaban J connectivity index is 2.95. The highest BCUT2D eigenvalue weighted by Gasteiger charge is 1.97. The lowest BCUT2D eigenvalue weighted by Crippen LogP contribution is -1.92. The van der Waals surface area contributed by atoms with E-state index in [9.17, 15) is 0 Å². The Morgan fingerprint density at radius 1 is 1.33 bits per heavy atom. The minimum absolute atomic E-state index is 0.843. The van der Waals surface area contributed by atoms with Gasteiger partial charge in [-0.1, -0.05) is 39.5 Å². The zero-order chi connectivity index (χ0) is 7.11. The van der Waals surface area contributed by atoms with Crippen LogP contribution in [0.4, 0.5) is 0 Å². The first-order valence-corrected chi connectivity index (χ1v) is 4.01. The van der Waals surface area contributed by atoms with Gasteiger partial charge < -0.3 is 0 Å². The summed E-state index contributed by atoms with van der Waals surface area (Å²) in [6, 6.07) is 0. The molecule has 2 radical (unpaired) electrons. The van der Waals surface area contributed by atoms with Crippen molar-refractivity contribution in [1.29, 1.82) is 0 Å². The highest BCUT2D eigenvalue weighted by atomic mass is 14.0. The zero-order valence-electron chi connectivity index (χ0n) is 6.69. The summed E-state index contributed by atoms with van der Waals surface area (Å²) in [5.41, 5.74) is 0. The smallest absolute Gasteiger partial charge is 0.0352 e. The molecule has 54 valence electrons.